The first-order chi connectivity index (χ1) is 13.0. The quantitative estimate of drug-likeness (QED) is 0.677. The van der Waals surface area contributed by atoms with Crippen molar-refractivity contribution in [1.29, 1.82) is 0 Å². The van der Waals surface area contributed by atoms with Crippen LogP contribution in [-0.4, -0.2) is 26.6 Å². The number of benzene rings is 2. The van der Waals surface area contributed by atoms with Crippen molar-refractivity contribution in [3.8, 4) is 0 Å². The number of hydrogen-bond donors (Lipinski definition) is 1. The number of hydrogen-bond acceptors (Lipinski definition) is 3. The van der Waals surface area contributed by atoms with Crippen LogP contribution in [0.1, 0.15) is 31.9 Å². The van der Waals surface area contributed by atoms with E-state index in [0.717, 1.165) is 10.6 Å². The summed E-state index contributed by atoms with van der Waals surface area (Å²) < 4.78 is 39.1. The number of carbonyl (C=O) groups is 1. The molecule has 1 amide bonds. The first-order valence-electron chi connectivity index (χ1n) is 8.54. The fraction of sp³-hybridized carbons (Fsp3) is 0.316. The first-order valence-corrected chi connectivity index (χ1v) is 11.1. The molecule has 0 spiro atoms. The Morgan fingerprint density at radius 1 is 1.14 bits per heavy atom. The van der Waals surface area contributed by atoms with Crippen LogP contribution in [0.5, 0.6) is 0 Å². The van der Waals surface area contributed by atoms with E-state index in [2.05, 4.69) is 5.32 Å². The average molecular weight is 447 g/mol. The van der Waals surface area contributed by atoms with Crippen molar-refractivity contribution in [2.24, 2.45) is 0 Å². The molecule has 0 unspecified atom stereocenters. The van der Waals surface area contributed by atoms with Gasteiger partial charge in [-0.15, -0.1) is 0 Å². The van der Waals surface area contributed by atoms with Gasteiger partial charge in [-0.1, -0.05) is 42.3 Å². The molecule has 0 saturated carbocycles. The number of nitrogens with one attached hydrogen (secondary N) is 1. The van der Waals surface area contributed by atoms with E-state index in [9.17, 15) is 17.6 Å². The Hall–Kier alpha value is -1.83. The van der Waals surface area contributed by atoms with E-state index in [0.29, 0.717) is 5.56 Å². The molecule has 1 N–H and O–H groups in total. The van der Waals surface area contributed by atoms with Gasteiger partial charge in [-0.3, -0.25) is 9.10 Å². The highest BCUT2D eigenvalue weighted by molar-refractivity contribution is 7.92. The Labute approximate surface area is 174 Å². The number of rotatable bonds is 7. The number of halogens is 3. The maximum atomic E-state index is 13.1. The van der Waals surface area contributed by atoms with E-state index in [1.807, 2.05) is 0 Å². The van der Waals surface area contributed by atoms with Gasteiger partial charge in [0.1, 0.15) is 11.9 Å². The summed E-state index contributed by atoms with van der Waals surface area (Å²) in [4.78, 5) is 12.9. The van der Waals surface area contributed by atoms with Gasteiger partial charge < -0.3 is 5.32 Å². The van der Waals surface area contributed by atoms with Crippen LogP contribution in [0.2, 0.25) is 10.0 Å². The number of nitrogens with zero attached hydrogens (tertiary/aromatic N) is 1. The minimum absolute atomic E-state index is 0.205. The van der Waals surface area contributed by atoms with Crippen LogP contribution in [0, 0.1) is 5.82 Å². The van der Waals surface area contributed by atoms with Crippen molar-refractivity contribution in [3.63, 3.8) is 0 Å². The topological polar surface area (TPSA) is 66.5 Å². The average Bonchev–Trinajstić information content (AvgIpc) is 2.57. The highest BCUT2D eigenvalue weighted by atomic mass is 35.5. The highest BCUT2D eigenvalue weighted by Gasteiger charge is 2.32. The standard InChI is InChI=1S/C19H21Cl2FN2O3S/c1-4-18(19(25)23-12(2)13-5-7-16(22)8-6-13)24(28(3,26)27)17-10-14(20)9-15(21)11-17/h5-12,18H,4H2,1-3H3,(H,23,25)/t12-,18+/m0/s1. The van der Waals surface area contributed by atoms with Crippen LogP contribution < -0.4 is 9.62 Å². The lowest BCUT2D eigenvalue weighted by Crippen LogP contribution is -2.49. The number of carbonyl (C=O) groups excluding carboxylic acids is 1. The molecule has 0 saturated heterocycles. The molecule has 0 radical (unpaired) electrons. The lowest BCUT2D eigenvalue weighted by molar-refractivity contribution is -0.122. The molecule has 152 valence electrons. The normalized spacial score (nSPS) is 13.6. The molecular weight excluding hydrogens is 426 g/mol. The van der Waals surface area contributed by atoms with Crippen molar-refractivity contribution in [2.45, 2.75) is 32.4 Å². The Bertz CT molecular complexity index is 932. The van der Waals surface area contributed by atoms with E-state index in [1.165, 1.54) is 30.3 Å². The Balaban J connectivity index is 2.34. The summed E-state index contributed by atoms with van der Waals surface area (Å²) >= 11 is 12.0. The summed E-state index contributed by atoms with van der Waals surface area (Å²) in [6.45, 7) is 3.44. The molecule has 0 bridgehead atoms. The molecule has 2 aromatic rings. The summed E-state index contributed by atoms with van der Waals surface area (Å²) in [7, 11) is -3.81. The van der Waals surface area contributed by atoms with Crippen LogP contribution in [0.25, 0.3) is 0 Å². The molecule has 2 aromatic carbocycles. The van der Waals surface area contributed by atoms with E-state index in [4.69, 9.17) is 23.2 Å². The Kier molecular flexibility index (Phi) is 7.31. The van der Waals surface area contributed by atoms with Gasteiger partial charge in [0, 0.05) is 10.0 Å². The van der Waals surface area contributed by atoms with Crippen molar-refractivity contribution >= 4 is 44.8 Å². The second-order valence-electron chi connectivity index (χ2n) is 6.39. The molecule has 2 atom stereocenters. The third kappa shape index (κ3) is 5.59. The zero-order valence-corrected chi connectivity index (χ0v) is 17.9. The van der Waals surface area contributed by atoms with Gasteiger partial charge in [-0.05, 0) is 49.2 Å². The summed E-state index contributed by atoms with van der Waals surface area (Å²) in [5, 5.41) is 3.30. The van der Waals surface area contributed by atoms with Crippen molar-refractivity contribution in [3.05, 3.63) is 63.9 Å². The third-order valence-corrected chi connectivity index (χ3v) is 5.78. The molecule has 0 aliphatic rings. The highest BCUT2D eigenvalue weighted by Crippen LogP contribution is 2.29. The summed E-state index contributed by atoms with van der Waals surface area (Å²) in [6, 6.07) is 8.63. The number of amides is 1. The van der Waals surface area contributed by atoms with Gasteiger partial charge in [0.2, 0.25) is 15.9 Å². The van der Waals surface area contributed by atoms with Gasteiger partial charge in [0.15, 0.2) is 0 Å². The van der Waals surface area contributed by atoms with Gasteiger partial charge >= 0.3 is 0 Å². The summed E-state index contributed by atoms with van der Waals surface area (Å²) in [5.74, 6) is -0.865. The lowest BCUT2D eigenvalue weighted by atomic mass is 10.1. The zero-order valence-electron chi connectivity index (χ0n) is 15.6. The van der Waals surface area contributed by atoms with Crippen molar-refractivity contribution < 1.29 is 17.6 Å². The molecule has 5 nitrogen and oxygen atoms in total. The third-order valence-electron chi connectivity index (χ3n) is 4.16. The molecule has 0 heterocycles. The molecule has 0 aliphatic heterocycles. The minimum atomic E-state index is -3.81. The van der Waals surface area contributed by atoms with Crippen LogP contribution in [-0.2, 0) is 14.8 Å². The number of anilines is 1. The maximum Gasteiger partial charge on any atom is 0.244 e. The smallest absolute Gasteiger partial charge is 0.244 e. The molecule has 0 aliphatic carbocycles. The molecule has 0 aromatic heterocycles. The van der Waals surface area contributed by atoms with Crippen LogP contribution >= 0.6 is 23.2 Å². The van der Waals surface area contributed by atoms with Gasteiger partial charge in [0.05, 0.1) is 18.0 Å². The van der Waals surface area contributed by atoms with Crippen LogP contribution in [0.3, 0.4) is 0 Å². The predicted octanol–water partition coefficient (Wildman–Crippen LogP) is 4.55. The van der Waals surface area contributed by atoms with Crippen molar-refractivity contribution in [1.82, 2.24) is 5.32 Å². The zero-order chi connectivity index (χ0) is 21.1. The van der Waals surface area contributed by atoms with E-state index in [1.54, 1.807) is 26.0 Å². The van der Waals surface area contributed by atoms with E-state index >= 15 is 0 Å². The molecule has 9 heteroatoms. The van der Waals surface area contributed by atoms with Crippen LogP contribution in [0.4, 0.5) is 10.1 Å². The number of sulfonamides is 1. The van der Waals surface area contributed by atoms with Crippen LogP contribution in [0.15, 0.2) is 42.5 Å². The van der Waals surface area contributed by atoms with E-state index in [-0.39, 0.29) is 28.0 Å². The maximum absolute atomic E-state index is 13.1. The van der Waals surface area contributed by atoms with E-state index < -0.39 is 28.0 Å². The minimum Gasteiger partial charge on any atom is -0.348 e. The first kappa shape index (κ1) is 22.5. The van der Waals surface area contributed by atoms with Gasteiger partial charge in [0.25, 0.3) is 0 Å². The van der Waals surface area contributed by atoms with Gasteiger partial charge in [-0.2, -0.15) is 0 Å². The largest absolute Gasteiger partial charge is 0.348 e. The van der Waals surface area contributed by atoms with Crippen molar-refractivity contribution in [2.75, 3.05) is 10.6 Å². The molecular formula is C19H21Cl2FN2O3S. The fourth-order valence-electron chi connectivity index (χ4n) is 2.87. The molecule has 2 rings (SSSR count). The van der Waals surface area contributed by atoms with Gasteiger partial charge in [-0.25, -0.2) is 12.8 Å². The second kappa shape index (κ2) is 9.11. The second-order valence-corrected chi connectivity index (χ2v) is 9.12. The lowest BCUT2D eigenvalue weighted by Gasteiger charge is -2.31. The molecule has 0 fully saturated rings. The fourth-order valence-corrected chi connectivity index (χ4v) is 4.58. The summed E-state index contributed by atoms with van der Waals surface area (Å²) in [6.07, 6.45) is 1.24. The molecule has 28 heavy (non-hydrogen) atoms. The Morgan fingerprint density at radius 2 is 1.68 bits per heavy atom. The Morgan fingerprint density at radius 3 is 2.14 bits per heavy atom. The summed E-state index contributed by atoms with van der Waals surface area (Å²) in [5.41, 5.74) is 0.901. The monoisotopic (exact) mass is 446 g/mol. The SMILES string of the molecule is CC[C@H](C(=O)N[C@@H](C)c1ccc(F)cc1)N(c1cc(Cl)cc(Cl)c1)S(C)(=O)=O. The predicted molar refractivity (Wildman–Crippen MR) is 111 cm³/mol.